The van der Waals surface area contributed by atoms with Gasteiger partial charge in [-0.1, -0.05) is 82.9 Å². The highest BCUT2D eigenvalue weighted by molar-refractivity contribution is 7.86. The number of aliphatic imine (C=N–C) groups is 1. The van der Waals surface area contributed by atoms with Crippen LogP contribution in [-0.2, 0) is 14.3 Å². The molecule has 0 amide bonds. The van der Waals surface area contributed by atoms with Crippen LogP contribution in [0.2, 0.25) is 0 Å². The summed E-state index contributed by atoms with van der Waals surface area (Å²) < 4.78 is 28.8. The molecule has 0 spiro atoms. The van der Waals surface area contributed by atoms with Gasteiger partial charge in [0.05, 0.1) is 24.4 Å². The molecule has 0 aliphatic carbocycles. The number of unbranched alkanes of at least 4 members (excludes halogenated alkanes) is 9. The summed E-state index contributed by atoms with van der Waals surface area (Å²) in [4.78, 5) is 4.09. The van der Waals surface area contributed by atoms with Gasteiger partial charge in [-0.2, -0.15) is 8.42 Å². The molecule has 0 fully saturated rings. The first kappa shape index (κ1) is 23.6. The van der Waals surface area contributed by atoms with Gasteiger partial charge in [0, 0.05) is 6.54 Å². The van der Waals surface area contributed by atoms with E-state index in [1.165, 1.54) is 51.4 Å². The van der Waals surface area contributed by atoms with Gasteiger partial charge in [-0.05, 0) is 18.6 Å². The summed E-state index contributed by atoms with van der Waals surface area (Å²) in [6.45, 7) is 4.51. The van der Waals surface area contributed by atoms with Crippen LogP contribution in [0.4, 0.5) is 0 Å². The fourth-order valence-electron chi connectivity index (χ4n) is 2.74. The molecule has 0 radical (unpaired) electrons. The zero-order valence-electron chi connectivity index (χ0n) is 16.7. The fraction of sp³-hybridized carbons (Fsp3) is 0.667. The maximum Gasteiger partial charge on any atom is 0.296 e. The minimum atomic E-state index is -3.57. The zero-order chi connectivity index (χ0) is 19.6. The number of benzene rings is 1. The molecule has 0 saturated heterocycles. The first-order valence-electron chi connectivity index (χ1n) is 10.3. The molecule has 0 atom stereocenters. The lowest BCUT2D eigenvalue weighted by molar-refractivity contribution is 0.306. The molecule has 2 rings (SSSR count). The van der Waals surface area contributed by atoms with Crippen LogP contribution in [0.15, 0.2) is 40.2 Å². The second-order valence-corrected chi connectivity index (χ2v) is 8.38. The van der Waals surface area contributed by atoms with Crippen LogP contribution in [0.25, 0.3) is 0 Å². The third kappa shape index (κ3) is 12.6. The van der Waals surface area contributed by atoms with Crippen LogP contribution >= 0.6 is 0 Å². The molecule has 1 N–H and O–H groups in total. The second-order valence-electron chi connectivity index (χ2n) is 6.76. The zero-order valence-corrected chi connectivity index (χ0v) is 17.6. The molecule has 5 nitrogen and oxygen atoms in total. The normalized spacial score (nSPS) is 13.1. The van der Waals surface area contributed by atoms with E-state index >= 15 is 0 Å². The summed E-state index contributed by atoms with van der Waals surface area (Å²) >= 11 is 0. The molecule has 1 heterocycles. The summed E-state index contributed by atoms with van der Waals surface area (Å²) in [6, 6.07) is 8.33. The monoisotopic (exact) mass is 396 g/mol. The van der Waals surface area contributed by atoms with E-state index in [-0.39, 0.29) is 11.5 Å². The topological polar surface area (TPSA) is 67.8 Å². The highest BCUT2D eigenvalue weighted by Crippen LogP contribution is 2.13. The SMILES string of the molecule is C1=NCCN1.CCCCCCCCCCCCOS(=O)(=O)c1ccccc1. The van der Waals surface area contributed by atoms with Crippen LogP contribution in [-0.4, -0.2) is 34.5 Å². The largest absolute Gasteiger partial charge is 0.375 e. The number of hydrogen-bond donors (Lipinski definition) is 1. The molecule has 0 unspecified atom stereocenters. The smallest absolute Gasteiger partial charge is 0.296 e. The van der Waals surface area contributed by atoms with Crippen molar-refractivity contribution in [3.05, 3.63) is 30.3 Å². The highest BCUT2D eigenvalue weighted by Gasteiger charge is 2.13. The molecule has 0 saturated carbocycles. The Balaban J connectivity index is 0.000000625. The van der Waals surface area contributed by atoms with Gasteiger partial charge >= 0.3 is 0 Å². The molecule has 0 bridgehead atoms. The van der Waals surface area contributed by atoms with Crippen LogP contribution in [0.1, 0.15) is 71.1 Å². The van der Waals surface area contributed by atoms with E-state index in [1.54, 1.807) is 36.7 Å². The summed E-state index contributed by atoms with van der Waals surface area (Å²) in [7, 11) is -3.57. The van der Waals surface area contributed by atoms with E-state index < -0.39 is 10.1 Å². The number of rotatable bonds is 13. The van der Waals surface area contributed by atoms with Gasteiger partial charge in [-0.3, -0.25) is 9.18 Å². The third-order valence-corrected chi connectivity index (χ3v) is 5.66. The second kappa shape index (κ2) is 15.6. The molecular weight excluding hydrogens is 360 g/mol. The Morgan fingerprint density at radius 3 is 2.00 bits per heavy atom. The Kier molecular flexibility index (Phi) is 13.7. The van der Waals surface area contributed by atoms with Crippen LogP contribution in [0, 0.1) is 0 Å². The Morgan fingerprint density at radius 2 is 1.52 bits per heavy atom. The van der Waals surface area contributed by atoms with Gasteiger partial charge in [0.25, 0.3) is 10.1 Å². The fourth-order valence-corrected chi connectivity index (χ4v) is 3.70. The predicted molar refractivity (Wildman–Crippen MR) is 113 cm³/mol. The van der Waals surface area contributed by atoms with Crippen LogP contribution in [0.5, 0.6) is 0 Å². The summed E-state index contributed by atoms with van der Waals surface area (Å²) in [5.41, 5.74) is 0. The average Bonchev–Trinajstić information content (AvgIpc) is 3.27. The minimum absolute atomic E-state index is 0.238. The number of hydrogen-bond acceptors (Lipinski definition) is 5. The Bertz CT molecular complexity index is 583. The highest BCUT2D eigenvalue weighted by atomic mass is 32.2. The van der Waals surface area contributed by atoms with E-state index in [0.717, 1.165) is 25.9 Å². The number of nitrogens with zero attached hydrogens (tertiary/aromatic N) is 1. The maximum absolute atomic E-state index is 11.9. The van der Waals surface area contributed by atoms with E-state index in [2.05, 4.69) is 17.2 Å². The van der Waals surface area contributed by atoms with Crippen molar-refractivity contribution in [3.8, 4) is 0 Å². The molecule has 6 heteroatoms. The maximum atomic E-state index is 11.9. The molecule has 1 aliphatic rings. The molecule has 27 heavy (non-hydrogen) atoms. The van der Waals surface area contributed by atoms with Crippen LogP contribution in [0.3, 0.4) is 0 Å². The lowest BCUT2D eigenvalue weighted by Gasteiger charge is -2.05. The third-order valence-electron chi connectivity index (χ3n) is 4.34. The first-order chi connectivity index (χ1) is 13.2. The van der Waals surface area contributed by atoms with E-state index in [0.29, 0.717) is 0 Å². The lowest BCUT2D eigenvalue weighted by Crippen LogP contribution is -2.07. The van der Waals surface area contributed by atoms with Crippen LogP contribution < -0.4 is 5.32 Å². The van der Waals surface area contributed by atoms with Gasteiger partial charge in [0.1, 0.15) is 0 Å². The van der Waals surface area contributed by atoms with Crippen molar-refractivity contribution >= 4 is 16.5 Å². The predicted octanol–water partition coefficient (Wildman–Crippen LogP) is 4.93. The van der Waals surface area contributed by atoms with Crippen molar-refractivity contribution < 1.29 is 12.6 Å². The Labute approximate surface area is 165 Å². The molecule has 1 aromatic rings. The minimum Gasteiger partial charge on any atom is -0.375 e. The molecule has 154 valence electrons. The van der Waals surface area contributed by atoms with Crippen molar-refractivity contribution in [3.63, 3.8) is 0 Å². The Hall–Kier alpha value is -1.40. The average molecular weight is 397 g/mol. The Morgan fingerprint density at radius 1 is 0.926 bits per heavy atom. The van der Waals surface area contributed by atoms with Crippen molar-refractivity contribution in [2.75, 3.05) is 19.7 Å². The molecular formula is C21H36N2O3S. The summed E-state index contributed by atoms with van der Waals surface area (Å²) in [5.74, 6) is 0. The van der Waals surface area contributed by atoms with Gasteiger partial charge in [-0.15, -0.1) is 0 Å². The van der Waals surface area contributed by atoms with Gasteiger partial charge in [0.2, 0.25) is 0 Å². The first-order valence-corrected chi connectivity index (χ1v) is 11.7. The van der Waals surface area contributed by atoms with E-state index in [9.17, 15) is 8.42 Å². The van der Waals surface area contributed by atoms with Crippen molar-refractivity contribution in [1.29, 1.82) is 0 Å². The van der Waals surface area contributed by atoms with Crippen molar-refractivity contribution in [2.24, 2.45) is 4.99 Å². The molecule has 1 aliphatic heterocycles. The summed E-state index contributed by atoms with van der Waals surface area (Å²) in [5, 5.41) is 2.93. The molecule has 1 aromatic carbocycles. The quantitative estimate of drug-likeness (QED) is 0.379. The standard InChI is InChI=1S/C18H30O3S.C3H6N2/c1-2-3-4-5-6-7-8-9-10-14-17-21-22(19,20)18-15-12-11-13-16-18;1-2-5-3-4-1/h11-13,15-16H,2-10,14,17H2,1H3;3H,1-2H2,(H,4,5). The lowest BCUT2D eigenvalue weighted by atomic mass is 10.1. The van der Waals surface area contributed by atoms with Gasteiger partial charge in [-0.25, -0.2) is 0 Å². The van der Waals surface area contributed by atoms with Gasteiger partial charge in [0.15, 0.2) is 0 Å². The van der Waals surface area contributed by atoms with Crippen molar-refractivity contribution in [2.45, 2.75) is 76.0 Å². The van der Waals surface area contributed by atoms with Crippen molar-refractivity contribution in [1.82, 2.24) is 5.32 Å². The van der Waals surface area contributed by atoms with E-state index in [1.807, 2.05) is 0 Å². The molecule has 0 aromatic heterocycles. The summed E-state index contributed by atoms with van der Waals surface area (Å²) in [6.07, 6.45) is 14.0. The number of nitrogens with one attached hydrogen (secondary N) is 1. The van der Waals surface area contributed by atoms with Gasteiger partial charge < -0.3 is 5.32 Å². The van der Waals surface area contributed by atoms with E-state index in [4.69, 9.17) is 4.18 Å².